The molecule has 0 aliphatic carbocycles. The first-order chi connectivity index (χ1) is 8.61. The normalized spacial score (nSPS) is 10.3. The molecule has 1 heterocycles. The van der Waals surface area contributed by atoms with E-state index in [1.807, 2.05) is 31.2 Å². The fourth-order valence-corrected chi connectivity index (χ4v) is 2.43. The predicted molar refractivity (Wildman–Crippen MR) is 70.0 cm³/mol. The fraction of sp³-hybridized carbons (Fsp3) is 0.167. The number of thiazole rings is 1. The van der Waals surface area contributed by atoms with E-state index in [1.165, 1.54) is 0 Å². The molecule has 18 heavy (non-hydrogen) atoms. The number of halogens is 1. The van der Waals surface area contributed by atoms with Crippen LogP contribution < -0.4 is 4.74 Å². The lowest BCUT2D eigenvalue weighted by atomic mass is 10.1. The van der Waals surface area contributed by atoms with Crippen LogP contribution in [0.2, 0.25) is 5.15 Å². The average Bonchev–Trinajstić information content (AvgIpc) is 2.71. The van der Waals surface area contributed by atoms with Crippen LogP contribution in [0.25, 0.3) is 0 Å². The number of aryl methyl sites for hydroxylation is 1. The molecule has 1 N–H and O–H groups in total. The SMILES string of the molecule is CCc1ccccc1Oc1nc(Cl)c(C(=O)O)s1. The van der Waals surface area contributed by atoms with Crippen molar-refractivity contribution in [3.63, 3.8) is 0 Å². The topological polar surface area (TPSA) is 59.4 Å². The Hall–Kier alpha value is -1.59. The maximum Gasteiger partial charge on any atom is 0.349 e. The van der Waals surface area contributed by atoms with E-state index in [2.05, 4.69) is 4.98 Å². The van der Waals surface area contributed by atoms with Crippen LogP contribution in [0.3, 0.4) is 0 Å². The second kappa shape index (κ2) is 5.37. The number of para-hydroxylation sites is 1. The summed E-state index contributed by atoms with van der Waals surface area (Å²) in [5.74, 6) is -0.432. The van der Waals surface area contributed by atoms with E-state index in [9.17, 15) is 4.79 Å². The molecule has 0 aliphatic heterocycles. The predicted octanol–water partition coefficient (Wildman–Crippen LogP) is 3.85. The van der Waals surface area contributed by atoms with Crippen LogP contribution in [0.4, 0.5) is 0 Å². The second-order valence-corrected chi connectivity index (χ2v) is 4.79. The van der Waals surface area contributed by atoms with Crippen molar-refractivity contribution in [2.75, 3.05) is 0 Å². The molecule has 1 aromatic heterocycles. The number of rotatable bonds is 4. The zero-order chi connectivity index (χ0) is 13.1. The first-order valence-electron chi connectivity index (χ1n) is 5.27. The molecule has 0 saturated heterocycles. The van der Waals surface area contributed by atoms with Crippen molar-refractivity contribution < 1.29 is 14.6 Å². The zero-order valence-electron chi connectivity index (χ0n) is 9.51. The van der Waals surface area contributed by atoms with Crippen molar-refractivity contribution in [1.29, 1.82) is 0 Å². The van der Waals surface area contributed by atoms with E-state index in [0.717, 1.165) is 23.3 Å². The lowest BCUT2D eigenvalue weighted by Gasteiger charge is -2.06. The van der Waals surface area contributed by atoms with Gasteiger partial charge in [-0.05, 0) is 18.1 Å². The lowest BCUT2D eigenvalue weighted by Crippen LogP contribution is -1.91. The Balaban J connectivity index is 2.29. The summed E-state index contributed by atoms with van der Waals surface area (Å²) in [7, 11) is 0. The minimum atomic E-state index is -1.10. The largest absolute Gasteiger partial charge is 0.477 e. The molecule has 1 aromatic carbocycles. The summed E-state index contributed by atoms with van der Waals surface area (Å²) in [6, 6.07) is 7.53. The Kier molecular flexibility index (Phi) is 3.84. The number of carboxylic acid groups (broad SMARTS) is 1. The van der Waals surface area contributed by atoms with Crippen LogP contribution in [0, 0.1) is 0 Å². The average molecular weight is 284 g/mol. The zero-order valence-corrected chi connectivity index (χ0v) is 11.1. The number of carbonyl (C=O) groups is 1. The first-order valence-corrected chi connectivity index (χ1v) is 6.46. The molecule has 0 fully saturated rings. The number of aromatic carboxylic acids is 1. The summed E-state index contributed by atoms with van der Waals surface area (Å²) >= 11 is 6.64. The van der Waals surface area contributed by atoms with Gasteiger partial charge >= 0.3 is 5.97 Å². The van der Waals surface area contributed by atoms with E-state index in [4.69, 9.17) is 21.4 Å². The molecule has 0 bridgehead atoms. The highest BCUT2D eigenvalue weighted by Crippen LogP contribution is 2.33. The molecule has 0 aliphatic rings. The molecule has 2 rings (SSSR count). The van der Waals surface area contributed by atoms with Gasteiger partial charge in [0, 0.05) is 0 Å². The molecular formula is C12H10ClNO3S. The summed E-state index contributed by atoms with van der Waals surface area (Å²) < 4.78 is 5.57. The summed E-state index contributed by atoms with van der Waals surface area (Å²) in [6.07, 6.45) is 0.821. The summed E-state index contributed by atoms with van der Waals surface area (Å²) in [6.45, 7) is 2.01. The Labute approximate surface area is 113 Å². The van der Waals surface area contributed by atoms with Crippen LogP contribution >= 0.6 is 22.9 Å². The van der Waals surface area contributed by atoms with Gasteiger partial charge in [-0.15, -0.1) is 0 Å². The number of benzene rings is 1. The third kappa shape index (κ3) is 2.63. The van der Waals surface area contributed by atoms with E-state index in [-0.39, 0.29) is 15.2 Å². The quantitative estimate of drug-likeness (QED) is 0.926. The summed E-state index contributed by atoms with van der Waals surface area (Å²) in [4.78, 5) is 14.7. The van der Waals surface area contributed by atoms with Gasteiger partial charge in [0.25, 0.3) is 5.19 Å². The van der Waals surface area contributed by atoms with Gasteiger partial charge in [0.15, 0.2) is 10.0 Å². The molecule has 6 heteroatoms. The van der Waals surface area contributed by atoms with Crippen molar-refractivity contribution >= 4 is 28.9 Å². The van der Waals surface area contributed by atoms with Gasteiger partial charge in [-0.25, -0.2) is 4.79 Å². The monoisotopic (exact) mass is 283 g/mol. The first kappa shape index (κ1) is 12.9. The van der Waals surface area contributed by atoms with Crippen molar-refractivity contribution in [2.45, 2.75) is 13.3 Å². The van der Waals surface area contributed by atoms with E-state index in [1.54, 1.807) is 0 Å². The van der Waals surface area contributed by atoms with Gasteiger partial charge in [-0.3, -0.25) is 0 Å². The van der Waals surface area contributed by atoms with Crippen molar-refractivity contribution in [1.82, 2.24) is 4.98 Å². The van der Waals surface area contributed by atoms with Crippen LogP contribution in [0.1, 0.15) is 22.2 Å². The van der Waals surface area contributed by atoms with Gasteiger partial charge < -0.3 is 9.84 Å². The van der Waals surface area contributed by atoms with Crippen molar-refractivity contribution in [2.24, 2.45) is 0 Å². The highest BCUT2D eigenvalue weighted by Gasteiger charge is 2.17. The lowest BCUT2D eigenvalue weighted by molar-refractivity contribution is 0.0702. The summed E-state index contributed by atoms with van der Waals surface area (Å²) in [5.41, 5.74) is 1.03. The maximum absolute atomic E-state index is 10.8. The van der Waals surface area contributed by atoms with Crippen LogP contribution in [-0.2, 0) is 6.42 Å². The number of hydrogen-bond acceptors (Lipinski definition) is 4. The highest BCUT2D eigenvalue weighted by molar-refractivity contribution is 7.15. The van der Waals surface area contributed by atoms with Gasteiger partial charge in [0.05, 0.1) is 0 Å². The molecular weight excluding hydrogens is 274 g/mol. The van der Waals surface area contributed by atoms with Crippen molar-refractivity contribution in [3.05, 3.63) is 39.9 Å². The van der Waals surface area contributed by atoms with E-state index >= 15 is 0 Å². The Morgan fingerprint density at radius 3 is 2.83 bits per heavy atom. The number of hydrogen-bond donors (Lipinski definition) is 1. The number of ether oxygens (including phenoxy) is 1. The minimum absolute atomic E-state index is 0.0133. The highest BCUT2D eigenvalue weighted by atomic mass is 35.5. The smallest absolute Gasteiger partial charge is 0.349 e. The van der Waals surface area contributed by atoms with Crippen LogP contribution in [0.15, 0.2) is 24.3 Å². The van der Waals surface area contributed by atoms with Crippen molar-refractivity contribution in [3.8, 4) is 10.9 Å². The number of carboxylic acids is 1. The Morgan fingerprint density at radius 2 is 2.22 bits per heavy atom. The number of aromatic nitrogens is 1. The molecule has 0 unspecified atom stereocenters. The third-order valence-corrected chi connectivity index (χ3v) is 3.62. The minimum Gasteiger partial charge on any atom is -0.477 e. The molecule has 94 valence electrons. The van der Waals surface area contributed by atoms with Crippen LogP contribution in [0.5, 0.6) is 10.9 Å². The second-order valence-electron chi connectivity index (χ2n) is 3.47. The van der Waals surface area contributed by atoms with Crippen LogP contribution in [-0.4, -0.2) is 16.1 Å². The molecule has 2 aromatic rings. The molecule has 0 spiro atoms. The van der Waals surface area contributed by atoms with Gasteiger partial charge in [0.1, 0.15) is 5.75 Å². The van der Waals surface area contributed by atoms with Gasteiger partial charge in [0.2, 0.25) is 0 Å². The molecule has 0 amide bonds. The standard InChI is InChI=1S/C12H10ClNO3S/c1-2-7-5-3-4-6-8(7)17-12-14-10(13)9(18-12)11(15)16/h3-6H,2H2,1H3,(H,15,16). The molecule has 4 nitrogen and oxygen atoms in total. The molecule has 0 saturated carbocycles. The van der Waals surface area contributed by atoms with Gasteiger partial charge in [-0.2, -0.15) is 4.98 Å². The van der Waals surface area contributed by atoms with Gasteiger partial charge in [-0.1, -0.05) is 48.1 Å². The number of nitrogens with zero attached hydrogens (tertiary/aromatic N) is 1. The fourth-order valence-electron chi connectivity index (χ4n) is 1.45. The molecule has 0 atom stereocenters. The molecule has 0 radical (unpaired) electrons. The maximum atomic E-state index is 10.8. The van der Waals surface area contributed by atoms with E-state index in [0.29, 0.717) is 5.75 Å². The summed E-state index contributed by atoms with van der Waals surface area (Å²) in [5, 5.41) is 9.07. The Morgan fingerprint density at radius 1 is 1.50 bits per heavy atom. The Bertz CT molecular complexity index is 582. The third-order valence-electron chi connectivity index (χ3n) is 2.31. The van der Waals surface area contributed by atoms with E-state index < -0.39 is 5.97 Å².